The lowest BCUT2D eigenvalue weighted by Gasteiger charge is -2.08. The van der Waals surface area contributed by atoms with Crippen LogP contribution in [0.1, 0.15) is 35.7 Å². The Balaban J connectivity index is 2.12. The first-order chi connectivity index (χ1) is 8.63. The van der Waals surface area contributed by atoms with Crippen molar-refractivity contribution in [3.8, 4) is 11.3 Å². The number of hydrogen-bond donors (Lipinski definition) is 0. The number of benzene rings is 1. The van der Waals surface area contributed by atoms with Gasteiger partial charge in [-0.2, -0.15) is 0 Å². The Morgan fingerprint density at radius 2 is 1.89 bits per heavy atom. The van der Waals surface area contributed by atoms with Crippen molar-refractivity contribution < 1.29 is 0 Å². The first-order valence-electron chi connectivity index (χ1n) is 6.25. The second-order valence-electron chi connectivity index (χ2n) is 5.03. The van der Waals surface area contributed by atoms with Gasteiger partial charge in [-0.05, 0) is 38.3 Å². The summed E-state index contributed by atoms with van der Waals surface area (Å²) in [6.45, 7) is 4.19. The van der Waals surface area contributed by atoms with Gasteiger partial charge in [-0.15, -0.1) is 0 Å². The molecule has 2 nitrogen and oxygen atoms in total. The Morgan fingerprint density at radius 3 is 2.61 bits per heavy atom. The van der Waals surface area contributed by atoms with Crippen LogP contribution in [0.3, 0.4) is 0 Å². The summed E-state index contributed by atoms with van der Waals surface area (Å²) in [6, 6.07) is 8.25. The van der Waals surface area contributed by atoms with Gasteiger partial charge in [-0.1, -0.05) is 29.3 Å². The number of rotatable bonds is 2. The number of hydrogen-bond acceptors (Lipinski definition) is 2. The zero-order chi connectivity index (χ0) is 12.7. The van der Waals surface area contributed by atoms with Crippen LogP contribution in [-0.2, 0) is 0 Å². The first-order valence-corrected chi connectivity index (χ1v) is 6.63. The number of aromatic nitrogens is 2. The van der Waals surface area contributed by atoms with Crippen molar-refractivity contribution >= 4 is 11.6 Å². The third kappa shape index (κ3) is 2.25. The summed E-state index contributed by atoms with van der Waals surface area (Å²) in [5.41, 5.74) is 4.55. The normalized spacial score (nSPS) is 14.8. The van der Waals surface area contributed by atoms with Crippen molar-refractivity contribution in [3.63, 3.8) is 0 Å². The maximum absolute atomic E-state index is 6.11. The minimum absolute atomic E-state index is 0.521. The van der Waals surface area contributed by atoms with E-state index in [1.54, 1.807) is 0 Å². The van der Waals surface area contributed by atoms with E-state index in [9.17, 15) is 0 Å². The molecule has 0 bridgehead atoms. The summed E-state index contributed by atoms with van der Waals surface area (Å²) in [5, 5.41) is 0.544. The van der Waals surface area contributed by atoms with Crippen molar-refractivity contribution in [2.45, 2.75) is 32.6 Å². The van der Waals surface area contributed by atoms with Crippen LogP contribution in [-0.4, -0.2) is 9.97 Å². The summed E-state index contributed by atoms with van der Waals surface area (Å²) in [5.74, 6) is 1.42. The van der Waals surface area contributed by atoms with Gasteiger partial charge in [-0.3, -0.25) is 0 Å². The Morgan fingerprint density at radius 1 is 1.11 bits per heavy atom. The molecule has 0 radical (unpaired) electrons. The molecule has 1 heterocycles. The predicted molar refractivity (Wildman–Crippen MR) is 73.9 cm³/mol. The molecule has 0 aliphatic heterocycles. The lowest BCUT2D eigenvalue weighted by Crippen LogP contribution is -1.96. The molecule has 0 spiro atoms. The topological polar surface area (TPSA) is 25.8 Å². The number of halogens is 1. The van der Waals surface area contributed by atoms with Crippen LogP contribution < -0.4 is 0 Å². The smallest absolute Gasteiger partial charge is 0.133 e. The summed E-state index contributed by atoms with van der Waals surface area (Å²) in [7, 11) is 0. The van der Waals surface area contributed by atoms with Gasteiger partial charge >= 0.3 is 0 Å². The van der Waals surface area contributed by atoms with E-state index in [4.69, 9.17) is 11.6 Å². The van der Waals surface area contributed by atoms with Crippen molar-refractivity contribution in [2.75, 3.05) is 0 Å². The zero-order valence-corrected chi connectivity index (χ0v) is 11.3. The summed E-state index contributed by atoms with van der Waals surface area (Å²) < 4.78 is 0. The highest BCUT2D eigenvalue weighted by molar-refractivity contribution is 6.29. The van der Waals surface area contributed by atoms with Gasteiger partial charge in [0.2, 0.25) is 0 Å². The monoisotopic (exact) mass is 258 g/mol. The molecule has 2 aromatic rings. The van der Waals surface area contributed by atoms with Crippen LogP contribution in [0.4, 0.5) is 0 Å². The van der Waals surface area contributed by atoms with Crippen LogP contribution >= 0.6 is 11.6 Å². The van der Waals surface area contributed by atoms with Crippen LogP contribution in [0.5, 0.6) is 0 Å². The lowest BCUT2D eigenvalue weighted by atomic mass is 10.0. The SMILES string of the molecule is Cc1ccc(C)c(-c2cc(Cl)nc(C3CC3)n2)c1. The highest BCUT2D eigenvalue weighted by Gasteiger charge is 2.27. The maximum Gasteiger partial charge on any atom is 0.133 e. The standard InChI is InChI=1S/C15H15ClN2/c1-9-3-4-10(2)12(7-9)13-8-14(16)18-15(17-13)11-5-6-11/h3-4,7-8,11H,5-6H2,1-2H3. The molecule has 1 aliphatic rings. The molecule has 1 aromatic carbocycles. The largest absolute Gasteiger partial charge is 0.232 e. The van der Waals surface area contributed by atoms with E-state index in [0.717, 1.165) is 17.1 Å². The van der Waals surface area contributed by atoms with E-state index in [0.29, 0.717) is 11.1 Å². The van der Waals surface area contributed by atoms with Gasteiger partial charge in [0, 0.05) is 17.5 Å². The lowest BCUT2D eigenvalue weighted by molar-refractivity contribution is 0.930. The van der Waals surface area contributed by atoms with E-state index in [2.05, 4.69) is 42.0 Å². The predicted octanol–water partition coefficient (Wildman–Crippen LogP) is 4.29. The molecule has 1 saturated carbocycles. The fourth-order valence-corrected chi connectivity index (χ4v) is 2.30. The van der Waals surface area contributed by atoms with Crippen LogP contribution in [0, 0.1) is 13.8 Å². The van der Waals surface area contributed by atoms with E-state index in [1.807, 2.05) is 6.07 Å². The second kappa shape index (κ2) is 4.36. The number of aryl methyl sites for hydroxylation is 2. The van der Waals surface area contributed by atoms with E-state index >= 15 is 0 Å². The van der Waals surface area contributed by atoms with Gasteiger partial charge < -0.3 is 0 Å². The Bertz CT molecular complexity index is 603. The average Bonchev–Trinajstić information content (AvgIpc) is 3.15. The molecule has 0 atom stereocenters. The fourth-order valence-electron chi connectivity index (χ4n) is 2.11. The van der Waals surface area contributed by atoms with Gasteiger partial charge in [0.25, 0.3) is 0 Å². The molecule has 1 aromatic heterocycles. The quantitative estimate of drug-likeness (QED) is 0.751. The molecule has 18 heavy (non-hydrogen) atoms. The fraction of sp³-hybridized carbons (Fsp3) is 0.333. The number of nitrogens with zero attached hydrogens (tertiary/aromatic N) is 2. The van der Waals surface area contributed by atoms with Crippen molar-refractivity contribution in [3.05, 3.63) is 46.4 Å². The molecule has 92 valence electrons. The summed E-state index contributed by atoms with van der Waals surface area (Å²) in [4.78, 5) is 9.00. The summed E-state index contributed by atoms with van der Waals surface area (Å²) >= 11 is 6.11. The third-order valence-electron chi connectivity index (χ3n) is 3.32. The van der Waals surface area contributed by atoms with Gasteiger partial charge in [0.1, 0.15) is 11.0 Å². The van der Waals surface area contributed by atoms with E-state index in [-0.39, 0.29) is 0 Å². The summed E-state index contributed by atoms with van der Waals surface area (Å²) in [6.07, 6.45) is 2.37. The molecule has 3 rings (SSSR count). The highest BCUT2D eigenvalue weighted by Crippen LogP contribution is 2.39. The van der Waals surface area contributed by atoms with E-state index < -0.39 is 0 Å². The molecule has 0 amide bonds. The molecule has 3 heteroatoms. The highest BCUT2D eigenvalue weighted by atomic mass is 35.5. The van der Waals surface area contributed by atoms with Crippen molar-refractivity contribution in [2.24, 2.45) is 0 Å². The molecular weight excluding hydrogens is 244 g/mol. The Labute approximate surface area is 112 Å². The van der Waals surface area contributed by atoms with Crippen LogP contribution in [0.15, 0.2) is 24.3 Å². The van der Waals surface area contributed by atoms with E-state index in [1.165, 1.54) is 24.0 Å². The Hall–Kier alpha value is -1.41. The Kier molecular flexibility index (Phi) is 2.83. The molecule has 1 fully saturated rings. The molecular formula is C15H15ClN2. The molecule has 0 saturated heterocycles. The minimum Gasteiger partial charge on any atom is -0.232 e. The molecule has 0 N–H and O–H groups in total. The average molecular weight is 259 g/mol. The van der Waals surface area contributed by atoms with Gasteiger partial charge in [-0.25, -0.2) is 9.97 Å². The zero-order valence-electron chi connectivity index (χ0n) is 10.6. The maximum atomic E-state index is 6.11. The van der Waals surface area contributed by atoms with Gasteiger partial charge in [0.05, 0.1) is 5.69 Å². The van der Waals surface area contributed by atoms with Gasteiger partial charge in [0.15, 0.2) is 0 Å². The molecule has 1 aliphatic carbocycles. The van der Waals surface area contributed by atoms with Crippen LogP contribution in [0.25, 0.3) is 11.3 Å². The van der Waals surface area contributed by atoms with Crippen molar-refractivity contribution in [1.82, 2.24) is 9.97 Å². The molecule has 0 unspecified atom stereocenters. The van der Waals surface area contributed by atoms with Crippen LogP contribution in [0.2, 0.25) is 5.15 Å². The van der Waals surface area contributed by atoms with Crippen molar-refractivity contribution in [1.29, 1.82) is 0 Å². The minimum atomic E-state index is 0.521. The first kappa shape index (κ1) is 11.7. The third-order valence-corrected chi connectivity index (χ3v) is 3.52. The second-order valence-corrected chi connectivity index (χ2v) is 5.41.